The Balaban J connectivity index is 3.14. The minimum absolute atomic E-state index is 0.207. The van der Waals surface area contributed by atoms with Crippen LogP contribution in [0.1, 0.15) is 19.4 Å². The monoisotopic (exact) mass is 431 g/mol. The molecule has 0 aromatic heterocycles. The number of nitrogens with one attached hydrogen (secondary N) is 1. The van der Waals surface area contributed by atoms with Crippen molar-refractivity contribution in [2.24, 2.45) is 0 Å². The summed E-state index contributed by atoms with van der Waals surface area (Å²) >= 11 is 6.75. The number of carbonyl (C=O) groups is 2. The third-order valence-electron chi connectivity index (χ3n) is 2.34. The maximum absolute atomic E-state index is 11.1. The summed E-state index contributed by atoms with van der Waals surface area (Å²) in [6, 6.07) is 3.40. The number of hydrogen-bond donors (Lipinski definition) is 2. The van der Waals surface area contributed by atoms with Gasteiger partial charge in [-0.15, -0.1) is 0 Å². The number of carboxylic acid groups (broad SMARTS) is 1. The highest BCUT2D eigenvalue weighted by Gasteiger charge is 2.12. The second-order valence-electron chi connectivity index (χ2n) is 4.60. The number of amides is 1. The maximum Gasteiger partial charge on any atom is 0.352 e. The lowest BCUT2D eigenvalue weighted by atomic mass is 10.2. The van der Waals surface area contributed by atoms with Gasteiger partial charge in [-0.3, -0.25) is 4.79 Å². The van der Waals surface area contributed by atoms with Gasteiger partial charge in [0.15, 0.2) is 0 Å². The average Bonchev–Trinajstić information content (AvgIpc) is 2.35. The molecule has 1 aromatic carbocycles. The molecule has 0 saturated heterocycles. The first-order valence-electron chi connectivity index (χ1n) is 6.19. The molecule has 0 radical (unpaired) electrons. The van der Waals surface area contributed by atoms with Crippen molar-refractivity contribution in [2.75, 3.05) is 6.61 Å². The van der Waals surface area contributed by atoms with E-state index in [9.17, 15) is 9.59 Å². The summed E-state index contributed by atoms with van der Waals surface area (Å²) in [5, 5.41) is 11.4. The molecule has 0 aliphatic carbocycles. The number of rotatable bonds is 6. The van der Waals surface area contributed by atoms with Crippen molar-refractivity contribution in [3.05, 3.63) is 44.5 Å². The lowest BCUT2D eigenvalue weighted by Crippen LogP contribution is -2.24. The van der Waals surface area contributed by atoms with E-state index in [-0.39, 0.29) is 5.70 Å². The van der Waals surface area contributed by atoms with Crippen LogP contribution in [0.25, 0.3) is 6.08 Å². The molecular formula is C15H15Br2NO4. The molecule has 7 heteroatoms. The number of halogens is 2. The van der Waals surface area contributed by atoms with E-state index in [4.69, 9.17) is 9.84 Å². The molecule has 0 heterocycles. The van der Waals surface area contributed by atoms with Crippen LogP contribution in [0.15, 0.2) is 38.9 Å². The number of hydrogen-bond acceptors (Lipinski definition) is 3. The smallest absolute Gasteiger partial charge is 0.352 e. The summed E-state index contributed by atoms with van der Waals surface area (Å²) in [4.78, 5) is 22.1. The third kappa shape index (κ3) is 5.65. The van der Waals surface area contributed by atoms with Gasteiger partial charge in [-0.25, -0.2) is 4.79 Å². The van der Waals surface area contributed by atoms with Gasteiger partial charge in [0, 0.05) is 6.92 Å². The molecule has 1 rings (SSSR count). The predicted octanol–water partition coefficient (Wildman–Crippen LogP) is 3.73. The molecule has 0 fully saturated rings. The van der Waals surface area contributed by atoms with Gasteiger partial charge in [0.25, 0.3) is 0 Å². The zero-order valence-corrected chi connectivity index (χ0v) is 15.2. The Hall–Kier alpha value is -1.60. The average molecular weight is 433 g/mol. The summed E-state index contributed by atoms with van der Waals surface area (Å²) in [5.41, 5.74) is 1.26. The fraction of sp³-hybridized carbons (Fsp3) is 0.200. The van der Waals surface area contributed by atoms with Crippen LogP contribution in [0.3, 0.4) is 0 Å². The quantitative estimate of drug-likeness (QED) is 0.530. The molecule has 0 spiro atoms. The summed E-state index contributed by atoms with van der Waals surface area (Å²) in [6.45, 7) is 7.24. The van der Waals surface area contributed by atoms with Gasteiger partial charge >= 0.3 is 5.97 Å². The Morgan fingerprint density at radius 1 is 1.32 bits per heavy atom. The zero-order valence-electron chi connectivity index (χ0n) is 12.1. The highest BCUT2D eigenvalue weighted by Crippen LogP contribution is 2.35. The van der Waals surface area contributed by atoms with Crippen LogP contribution < -0.4 is 10.1 Å². The molecule has 0 saturated carbocycles. The number of aliphatic carboxylic acids is 1. The van der Waals surface area contributed by atoms with E-state index in [2.05, 4.69) is 43.8 Å². The Kier molecular flexibility index (Phi) is 6.83. The maximum atomic E-state index is 11.1. The minimum Gasteiger partial charge on any atom is -0.487 e. The molecule has 1 aromatic rings. The molecular weight excluding hydrogens is 418 g/mol. The molecule has 118 valence electrons. The molecule has 22 heavy (non-hydrogen) atoms. The summed E-state index contributed by atoms with van der Waals surface area (Å²) in [6.07, 6.45) is 1.36. The van der Waals surface area contributed by atoms with Gasteiger partial charge < -0.3 is 15.2 Å². The molecule has 0 aliphatic heterocycles. The van der Waals surface area contributed by atoms with E-state index in [0.717, 1.165) is 5.57 Å². The Labute approximate surface area is 145 Å². The predicted molar refractivity (Wildman–Crippen MR) is 91.6 cm³/mol. The van der Waals surface area contributed by atoms with Crippen LogP contribution in [0.2, 0.25) is 0 Å². The van der Waals surface area contributed by atoms with Gasteiger partial charge in [0.2, 0.25) is 5.91 Å². The first-order chi connectivity index (χ1) is 10.2. The highest BCUT2D eigenvalue weighted by molar-refractivity contribution is 9.11. The Morgan fingerprint density at radius 2 is 1.86 bits per heavy atom. The minimum atomic E-state index is -1.22. The second-order valence-corrected chi connectivity index (χ2v) is 6.31. The van der Waals surface area contributed by atoms with Gasteiger partial charge in [0.05, 0.1) is 8.95 Å². The Morgan fingerprint density at radius 3 is 2.27 bits per heavy atom. The van der Waals surface area contributed by atoms with Crippen LogP contribution in [-0.2, 0) is 9.59 Å². The molecule has 0 unspecified atom stereocenters. The molecule has 1 amide bonds. The molecule has 0 bridgehead atoms. The molecule has 0 atom stereocenters. The normalized spacial score (nSPS) is 11.0. The number of ether oxygens (including phenoxy) is 1. The van der Waals surface area contributed by atoms with Gasteiger partial charge in [-0.05, 0) is 68.1 Å². The van der Waals surface area contributed by atoms with Crippen LogP contribution >= 0.6 is 31.9 Å². The summed E-state index contributed by atoms with van der Waals surface area (Å²) in [5.74, 6) is -1.07. The van der Waals surface area contributed by atoms with Crippen LogP contribution in [0.5, 0.6) is 5.75 Å². The van der Waals surface area contributed by atoms with Crippen molar-refractivity contribution in [3.63, 3.8) is 0 Å². The zero-order chi connectivity index (χ0) is 16.9. The van der Waals surface area contributed by atoms with Crippen molar-refractivity contribution in [3.8, 4) is 5.75 Å². The van der Waals surface area contributed by atoms with Crippen LogP contribution in [0, 0.1) is 0 Å². The van der Waals surface area contributed by atoms with E-state index in [1.54, 1.807) is 12.1 Å². The largest absolute Gasteiger partial charge is 0.487 e. The van der Waals surface area contributed by atoms with Crippen molar-refractivity contribution < 1.29 is 19.4 Å². The van der Waals surface area contributed by atoms with E-state index < -0.39 is 11.9 Å². The van der Waals surface area contributed by atoms with Crippen LogP contribution in [-0.4, -0.2) is 23.6 Å². The van der Waals surface area contributed by atoms with Gasteiger partial charge in [0.1, 0.15) is 18.1 Å². The lowest BCUT2D eigenvalue weighted by molar-refractivity contribution is -0.134. The Bertz CT molecular complexity index is 630. The second kappa shape index (κ2) is 8.14. The number of carboxylic acids is 1. The third-order valence-corrected chi connectivity index (χ3v) is 3.51. The van der Waals surface area contributed by atoms with E-state index >= 15 is 0 Å². The fourth-order valence-corrected chi connectivity index (χ4v) is 2.95. The van der Waals surface area contributed by atoms with Crippen molar-refractivity contribution in [1.82, 2.24) is 5.32 Å². The molecule has 0 aliphatic rings. The SMILES string of the molecule is C=C(C)COc1c(Br)cc(/C=C(/NC(C)=O)C(=O)O)cc1Br. The summed E-state index contributed by atoms with van der Waals surface area (Å²) < 4.78 is 6.91. The van der Waals surface area contributed by atoms with E-state index in [1.165, 1.54) is 13.0 Å². The van der Waals surface area contributed by atoms with E-state index in [0.29, 0.717) is 26.9 Å². The van der Waals surface area contributed by atoms with Crippen molar-refractivity contribution in [1.29, 1.82) is 0 Å². The first kappa shape index (κ1) is 18.4. The first-order valence-corrected chi connectivity index (χ1v) is 7.78. The molecule has 2 N–H and O–H groups in total. The van der Waals surface area contributed by atoms with Crippen LogP contribution in [0.4, 0.5) is 0 Å². The van der Waals surface area contributed by atoms with E-state index in [1.807, 2.05) is 6.92 Å². The standard InChI is InChI=1S/C15H15Br2NO4/c1-8(2)7-22-14-11(16)4-10(5-12(14)17)6-13(15(20)21)18-9(3)19/h4-6H,1,7H2,2-3H3,(H,18,19)(H,20,21)/b13-6+. The summed E-state index contributed by atoms with van der Waals surface area (Å²) in [7, 11) is 0. The number of benzene rings is 1. The highest BCUT2D eigenvalue weighted by atomic mass is 79.9. The lowest BCUT2D eigenvalue weighted by Gasteiger charge is -2.11. The van der Waals surface area contributed by atoms with Crippen molar-refractivity contribution >= 4 is 49.8 Å². The fourth-order valence-electron chi connectivity index (χ4n) is 1.50. The van der Waals surface area contributed by atoms with Gasteiger partial charge in [-0.1, -0.05) is 6.58 Å². The molecule has 5 nitrogen and oxygen atoms in total. The van der Waals surface area contributed by atoms with Gasteiger partial charge in [-0.2, -0.15) is 0 Å². The van der Waals surface area contributed by atoms with Crippen molar-refractivity contribution in [2.45, 2.75) is 13.8 Å². The number of carbonyl (C=O) groups excluding carboxylic acids is 1. The topological polar surface area (TPSA) is 75.6 Å².